The molecule has 0 spiro atoms. The molecule has 0 aromatic rings. The van der Waals surface area contributed by atoms with E-state index in [0.29, 0.717) is 5.75 Å². The van der Waals surface area contributed by atoms with E-state index >= 15 is 0 Å². The first kappa shape index (κ1) is 12.7. The topological polar surface area (TPSA) is 98.0 Å². The van der Waals surface area contributed by atoms with Crippen molar-refractivity contribution in [2.45, 2.75) is 17.8 Å². The lowest BCUT2D eigenvalue weighted by atomic mass is 10.2. The first-order chi connectivity index (χ1) is 6.11. The van der Waals surface area contributed by atoms with E-state index in [1.54, 1.807) is 0 Å². The SMILES string of the molecule is O=C(O)C(O)CC(CO)SCCO. The van der Waals surface area contributed by atoms with Crippen molar-refractivity contribution in [2.75, 3.05) is 19.0 Å². The predicted octanol–water partition coefficient (Wildman–Crippen LogP) is -1.09. The second-order valence-corrected chi connectivity index (χ2v) is 3.90. The first-order valence-electron chi connectivity index (χ1n) is 3.86. The quantitative estimate of drug-likeness (QED) is 0.426. The lowest BCUT2D eigenvalue weighted by Crippen LogP contribution is -2.26. The van der Waals surface area contributed by atoms with E-state index in [-0.39, 0.29) is 24.9 Å². The molecule has 0 bridgehead atoms. The highest BCUT2D eigenvalue weighted by molar-refractivity contribution is 7.99. The fourth-order valence-electron chi connectivity index (χ4n) is 0.764. The molecule has 0 saturated carbocycles. The monoisotopic (exact) mass is 210 g/mol. The Labute approximate surface area is 80.4 Å². The summed E-state index contributed by atoms with van der Waals surface area (Å²) in [4.78, 5) is 10.2. The maximum atomic E-state index is 10.2. The summed E-state index contributed by atoms with van der Waals surface area (Å²) >= 11 is 1.24. The van der Waals surface area contributed by atoms with Gasteiger partial charge in [0, 0.05) is 11.0 Å². The van der Waals surface area contributed by atoms with E-state index in [9.17, 15) is 4.79 Å². The molecule has 6 heteroatoms. The van der Waals surface area contributed by atoms with Gasteiger partial charge in [-0.05, 0) is 6.42 Å². The van der Waals surface area contributed by atoms with Crippen LogP contribution >= 0.6 is 11.8 Å². The molecule has 0 aliphatic heterocycles. The first-order valence-corrected chi connectivity index (χ1v) is 4.90. The summed E-state index contributed by atoms with van der Waals surface area (Å²) in [6.45, 7) is -0.223. The van der Waals surface area contributed by atoms with Gasteiger partial charge in [0.15, 0.2) is 6.10 Å². The molecule has 5 nitrogen and oxygen atoms in total. The number of carboxylic acid groups (broad SMARTS) is 1. The lowest BCUT2D eigenvalue weighted by molar-refractivity contribution is -0.146. The number of aliphatic carboxylic acids is 1. The van der Waals surface area contributed by atoms with E-state index in [1.165, 1.54) is 11.8 Å². The van der Waals surface area contributed by atoms with Crippen molar-refractivity contribution in [2.24, 2.45) is 0 Å². The van der Waals surface area contributed by atoms with Crippen molar-refractivity contribution in [1.29, 1.82) is 0 Å². The lowest BCUT2D eigenvalue weighted by Gasteiger charge is -2.14. The van der Waals surface area contributed by atoms with Crippen LogP contribution in [0.3, 0.4) is 0 Å². The van der Waals surface area contributed by atoms with Crippen LogP contribution in [0.2, 0.25) is 0 Å². The Bertz CT molecular complexity index is 152. The molecule has 0 aliphatic rings. The summed E-state index contributed by atoms with van der Waals surface area (Å²) < 4.78 is 0. The van der Waals surface area contributed by atoms with E-state index in [0.717, 1.165) is 0 Å². The standard InChI is InChI=1S/C7H14O5S/c8-1-2-13-5(4-9)3-6(10)7(11)12/h5-6,8-10H,1-4H2,(H,11,12). The minimum absolute atomic E-state index is 0.00347. The molecular formula is C7H14O5S. The zero-order chi connectivity index (χ0) is 10.3. The Morgan fingerprint density at radius 2 is 2.00 bits per heavy atom. The number of carbonyl (C=O) groups is 1. The van der Waals surface area contributed by atoms with Crippen LogP contribution in [0.25, 0.3) is 0 Å². The second-order valence-electron chi connectivity index (χ2n) is 2.49. The van der Waals surface area contributed by atoms with E-state index < -0.39 is 12.1 Å². The third-order valence-corrected chi connectivity index (χ3v) is 2.65. The Morgan fingerprint density at radius 1 is 1.38 bits per heavy atom. The summed E-state index contributed by atoms with van der Waals surface area (Å²) in [5.74, 6) is -0.861. The third-order valence-electron chi connectivity index (χ3n) is 1.42. The molecule has 0 rings (SSSR count). The van der Waals surface area contributed by atoms with Crippen molar-refractivity contribution < 1.29 is 25.2 Å². The molecule has 0 heterocycles. The third kappa shape index (κ3) is 5.87. The van der Waals surface area contributed by atoms with Crippen LogP contribution in [-0.4, -0.2) is 56.7 Å². The molecule has 13 heavy (non-hydrogen) atoms. The van der Waals surface area contributed by atoms with Crippen molar-refractivity contribution in [1.82, 2.24) is 0 Å². The molecule has 2 atom stereocenters. The maximum Gasteiger partial charge on any atom is 0.332 e. The van der Waals surface area contributed by atoms with Gasteiger partial charge in [-0.2, -0.15) is 11.8 Å². The fraction of sp³-hybridized carbons (Fsp3) is 0.857. The Balaban J connectivity index is 3.75. The second kappa shape index (κ2) is 7.14. The number of rotatable bonds is 7. The maximum absolute atomic E-state index is 10.2. The minimum atomic E-state index is -1.44. The molecule has 2 unspecified atom stereocenters. The zero-order valence-corrected chi connectivity index (χ0v) is 7.90. The zero-order valence-electron chi connectivity index (χ0n) is 7.09. The molecule has 0 aliphatic carbocycles. The molecule has 0 radical (unpaired) electrons. The van der Waals surface area contributed by atoms with E-state index in [1.807, 2.05) is 0 Å². The van der Waals surface area contributed by atoms with Gasteiger partial charge in [0.2, 0.25) is 0 Å². The molecule has 78 valence electrons. The van der Waals surface area contributed by atoms with Crippen molar-refractivity contribution in [3.63, 3.8) is 0 Å². The highest BCUT2D eigenvalue weighted by atomic mass is 32.2. The largest absolute Gasteiger partial charge is 0.479 e. The highest BCUT2D eigenvalue weighted by Gasteiger charge is 2.19. The van der Waals surface area contributed by atoms with Gasteiger partial charge in [-0.1, -0.05) is 0 Å². The Kier molecular flexibility index (Phi) is 6.97. The van der Waals surface area contributed by atoms with Crippen LogP contribution < -0.4 is 0 Å². The Hall–Kier alpha value is -0.300. The van der Waals surface area contributed by atoms with Gasteiger partial charge in [-0.15, -0.1) is 0 Å². The van der Waals surface area contributed by atoms with Crippen LogP contribution in [0.1, 0.15) is 6.42 Å². The van der Waals surface area contributed by atoms with Crippen LogP contribution in [0.5, 0.6) is 0 Å². The van der Waals surface area contributed by atoms with Crippen molar-refractivity contribution in [3.8, 4) is 0 Å². The molecule has 4 N–H and O–H groups in total. The summed E-state index contributed by atoms with van der Waals surface area (Å²) in [6.07, 6.45) is -1.44. The van der Waals surface area contributed by atoms with Gasteiger partial charge in [0.25, 0.3) is 0 Å². The highest BCUT2D eigenvalue weighted by Crippen LogP contribution is 2.15. The number of hydrogen-bond acceptors (Lipinski definition) is 5. The van der Waals surface area contributed by atoms with Crippen LogP contribution in [0.15, 0.2) is 0 Å². The van der Waals surface area contributed by atoms with Crippen LogP contribution in [0.4, 0.5) is 0 Å². The van der Waals surface area contributed by atoms with Gasteiger partial charge in [-0.3, -0.25) is 0 Å². The summed E-state index contributed by atoms with van der Waals surface area (Å²) in [7, 11) is 0. The van der Waals surface area contributed by atoms with E-state index in [2.05, 4.69) is 0 Å². The van der Waals surface area contributed by atoms with Crippen LogP contribution in [0, 0.1) is 0 Å². The summed E-state index contributed by atoms with van der Waals surface area (Å²) in [5.41, 5.74) is 0. The van der Waals surface area contributed by atoms with Gasteiger partial charge >= 0.3 is 5.97 Å². The summed E-state index contributed by atoms with van der Waals surface area (Å²) in [6, 6.07) is 0. The van der Waals surface area contributed by atoms with Crippen LogP contribution in [-0.2, 0) is 4.79 Å². The molecule has 0 fully saturated rings. The fourth-order valence-corrected chi connectivity index (χ4v) is 1.63. The molecular weight excluding hydrogens is 196 g/mol. The number of aliphatic hydroxyl groups excluding tert-OH is 3. The molecule has 0 aromatic heterocycles. The summed E-state index contributed by atoms with van der Waals surface area (Å²) in [5, 5.41) is 34.2. The van der Waals surface area contributed by atoms with Crippen molar-refractivity contribution in [3.05, 3.63) is 0 Å². The average Bonchev–Trinajstić information content (AvgIpc) is 2.11. The normalized spacial score (nSPS) is 15.3. The molecule has 0 amide bonds. The number of aliphatic hydroxyl groups is 3. The Morgan fingerprint density at radius 3 is 2.38 bits per heavy atom. The average molecular weight is 210 g/mol. The van der Waals surface area contributed by atoms with Gasteiger partial charge in [0.05, 0.1) is 13.2 Å². The number of carboxylic acids is 1. The van der Waals surface area contributed by atoms with Gasteiger partial charge in [0.1, 0.15) is 0 Å². The van der Waals surface area contributed by atoms with Gasteiger partial charge in [-0.25, -0.2) is 4.79 Å². The predicted molar refractivity (Wildman–Crippen MR) is 48.7 cm³/mol. The number of hydrogen-bond donors (Lipinski definition) is 4. The smallest absolute Gasteiger partial charge is 0.332 e. The molecule has 0 saturated heterocycles. The van der Waals surface area contributed by atoms with Gasteiger partial charge < -0.3 is 20.4 Å². The van der Waals surface area contributed by atoms with E-state index in [4.69, 9.17) is 20.4 Å². The molecule has 0 aromatic carbocycles. The minimum Gasteiger partial charge on any atom is -0.479 e. The number of thioether (sulfide) groups is 1. The van der Waals surface area contributed by atoms with Crippen molar-refractivity contribution >= 4 is 17.7 Å².